The van der Waals surface area contributed by atoms with Gasteiger partial charge in [0.2, 0.25) is 5.91 Å². The van der Waals surface area contributed by atoms with Crippen LogP contribution in [0, 0.1) is 0 Å². The molecule has 1 amide bonds. The van der Waals surface area contributed by atoms with Crippen molar-refractivity contribution in [2.24, 2.45) is 0 Å². The van der Waals surface area contributed by atoms with E-state index in [-0.39, 0.29) is 5.91 Å². The van der Waals surface area contributed by atoms with E-state index in [0.29, 0.717) is 13.0 Å². The van der Waals surface area contributed by atoms with Gasteiger partial charge < -0.3 is 9.64 Å². The molecule has 0 N–H and O–H groups in total. The molecule has 0 saturated heterocycles. The fourth-order valence-corrected chi connectivity index (χ4v) is 4.91. The van der Waals surface area contributed by atoms with Crippen LogP contribution < -0.4 is 0 Å². The van der Waals surface area contributed by atoms with Crippen LogP contribution in [0.25, 0.3) is 11.1 Å². The number of hydrogen-bond acceptors (Lipinski definition) is 3. The smallest absolute Gasteiger partial charge is 0.328 e. The van der Waals surface area contributed by atoms with Crippen LogP contribution in [0.15, 0.2) is 109 Å². The standard InChI is InChI=1S/C31H27NO3/c1-35-31(34)28-20-27-19-25(22-11-5-2-6-12-22)17-18-26(27)21-32(28)30(33)29(23-13-7-3-8-14-23)24-15-9-4-10-16-24/h2-19,28-29H,20-21H2,1H3. The highest BCUT2D eigenvalue weighted by Gasteiger charge is 2.39. The van der Waals surface area contributed by atoms with E-state index in [4.69, 9.17) is 4.74 Å². The molecule has 0 bridgehead atoms. The Morgan fingerprint density at radius 1 is 0.743 bits per heavy atom. The average Bonchev–Trinajstić information content (AvgIpc) is 2.93. The SMILES string of the molecule is COC(=O)C1Cc2cc(-c3ccccc3)ccc2CN1C(=O)C(c1ccccc1)c1ccccc1. The molecule has 0 radical (unpaired) electrons. The van der Waals surface area contributed by atoms with Gasteiger partial charge in [0, 0.05) is 13.0 Å². The van der Waals surface area contributed by atoms with Gasteiger partial charge in [0.15, 0.2) is 0 Å². The average molecular weight is 462 g/mol. The second-order valence-electron chi connectivity index (χ2n) is 8.81. The van der Waals surface area contributed by atoms with Gasteiger partial charge in [0.1, 0.15) is 6.04 Å². The molecule has 0 aliphatic carbocycles. The van der Waals surface area contributed by atoms with Crippen molar-refractivity contribution < 1.29 is 14.3 Å². The van der Waals surface area contributed by atoms with Gasteiger partial charge in [-0.05, 0) is 33.4 Å². The molecule has 1 aliphatic heterocycles. The number of amides is 1. The third-order valence-electron chi connectivity index (χ3n) is 6.71. The second-order valence-corrected chi connectivity index (χ2v) is 8.81. The maximum absolute atomic E-state index is 14.1. The van der Waals surface area contributed by atoms with Gasteiger partial charge in [-0.25, -0.2) is 4.79 Å². The molecule has 4 aromatic carbocycles. The third-order valence-corrected chi connectivity index (χ3v) is 6.71. The summed E-state index contributed by atoms with van der Waals surface area (Å²) in [4.78, 5) is 28.8. The monoisotopic (exact) mass is 461 g/mol. The molecule has 1 aliphatic rings. The minimum absolute atomic E-state index is 0.101. The molecule has 5 rings (SSSR count). The number of hydrogen-bond donors (Lipinski definition) is 0. The first-order valence-corrected chi connectivity index (χ1v) is 11.8. The second kappa shape index (κ2) is 9.98. The Hall–Kier alpha value is -4.18. The van der Waals surface area contributed by atoms with E-state index in [2.05, 4.69) is 30.3 Å². The van der Waals surface area contributed by atoms with Crippen LogP contribution in [0.1, 0.15) is 28.2 Å². The van der Waals surface area contributed by atoms with Crippen molar-refractivity contribution in [2.45, 2.75) is 24.9 Å². The van der Waals surface area contributed by atoms with Crippen LogP contribution in [0.3, 0.4) is 0 Å². The van der Waals surface area contributed by atoms with Crippen molar-refractivity contribution in [2.75, 3.05) is 7.11 Å². The van der Waals surface area contributed by atoms with Gasteiger partial charge in [-0.2, -0.15) is 0 Å². The van der Waals surface area contributed by atoms with Crippen LogP contribution in [-0.2, 0) is 27.3 Å². The Kier molecular flexibility index (Phi) is 6.44. The summed E-state index contributed by atoms with van der Waals surface area (Å²) in [6, 6.07) is 35.3. The van der Waals surface area contributed by atoms with Crippen molar-refractivity contribution in [3.05, 3.63) is 131 Å². The van der Waals surface area contributed by atoms with Crippen molar-refractivity contribution in [1.82, 2.24) is 4.90 Å². The fraction of sp³-hybridized carbons (Fsp3) is 0.161. The van der Waals surface area contributed by atoms with Gasteiger partial charge >= 0.3 is 5.97 Å². The number of ether oxygens (including phenoxy) is 1. The predicted octanol–water partition coefficient (Wildman–Crippen LogP) is 5.61. The zero-order valence-electron chi connectivity index (χ0n) is 19.6. The zero-order chi connectivity index (χ0) is 24.2. The lowest BCUT2D eigenvalue weighted by molar-refractivity contribution is -0.154. The van der Waals surface area contributed by atoms with Gasteiger partial charge in [-0.1, -0.05) is 109 Å². The number of methoxy groups -OCH3 is 1. The first-order valence-electron chi connectivity index (χ1n) is 11.8. The molecule has 1 atom stereocenters. The molecule has 0 aromatic heterocycles. The fourth-order valence-electron chi connectivity index (χ4n) is 4.91. The number of carbonyl (C=O) groups excluding carboxylic acids is 2. The Morgan fingerprint density at radius 3 is 1.89 bits per heavy atom. The summed E-state index contributed by atoms with van der Waals surface area (Å²) >= 11 is 0. The molecule has 35 heavy (non-hydrogen) atoms. The van der Waals surface area contributed by atoms with Crippen LogP contribution in [-0.4, -0.2) is 29.9 Å². The molecule has 1 unspecified atom stereocenters. The van der Waals surface area contributed by atoms with E-state index in [1.165, 1.54) is 7.11 Å². The van der Waals surface area contributed by atoms with Crippen LogP contribution in [0.4, 0.5) is 0 Å². The van der Waals surface area contributed by atoms with E-state index < -0.39 is 17.9 Å². The van der Waals surface area contributed by atoms with Crippen molar-refractivity contribution in [3.8, 4) is 11.1 Å². The summed E-state index contributed by atoms with van der Waals surface area (Å²) in [6.07, 6.45) is 0.421. The lowest BCUT2D eigenvalue weighted by Gasteiger charge is -2.37. The Morgan fingerprint density at radius 2 is 1.31 bits per heavy atom. The molecule has 174 valence electrons. The lowest BCUT2D eigenvalue weighted by Crippen LogP contribution is -2.50. The number of carbonyl (C=O) groups is 2. The topological polar surface area (TPSA) is 46.6 Å². The van der Waals surface area contributed by atoms with Crippen molar-refractivity contribution in [1.29, 1.82) is 0 Å². The number of rotatable bonds is 5. The molecule has 4 heteroatoms. The third kappa shape index (κ3) is 4.60. The van der Waals surface area contributed by atoms with Crippen LogP contribution >= 0.6 is 0 Å². The number of nitrogens with zero attached hydrogens (tertiary/aromatic N) is 1. The van der Waals surface area contributed by atoms with Crippen LogP contribution in [0.5, 0.6) is 0 Å². The van der Waals surface area contributed by atoms with E-state index in [1.807, 2.05) is 78.9 Å². The van der Waals surface area contributed by atoms with E-state index in [0.717, 1.165) is 33.4 Å². The Bertz CT molecular complexity index is 1280. The zero-order valence-corrected chi connectivity index (χ0v) is 19.6. The van der Waals surface area contributed by atoms with Crippen LogP contribution in [0.2, 0.25) is 0 Å². The number of benzene rings is 4. The van der Waals surface area contributed by atoms with E-state index >= 15 is 0 Å². The molecule has 0 fully saturated rings. The molecule has 1 heterocycles. The highest BCUT2D eigenvalue weighted by atomic mass is 16.5. The molecular formula is C31H27NO3. The first-order chi connectivity index (χ1) is 17.2. The highest BCUT2D eigenvalue weighted by molar-refractivity contribution is 5.91. The van der Waals surface area contributed by atoms with Crippen molar-refractivity contribution >= 4 is 11.9 Å². The molecule has 0 saturated carbocycles. The van der Waals surface area contributed by atoms with Gasteiger partial charge in [0.25, 0.3) is 0 Å². The molecule has 0 spiro atoms. The Labute approximate surface area is 205 Å². The van der Waals surface area contributed by atoms with E-state index in [9.17, 15) is 9.59 Å². The summed E-state index contributed by atoms with van der Waals surface area (Å²) in [7, 11) is 1.38. The normalized spacial score (nSPS) is 14.9. The number of esters is 1. The maximum atomic E-state index is 14.1. The minimum Gasteiger partial charge on any atom is -0.467 e. The van der Waals surface area contributed by atoms with Gasteiger partial charge in [-0.15, -0.1) is 0 Å². The van der Waals surface area contributed by atoms with E-state index in [1.54, 1.807) is 4.90 Å². The summed E-state index contributed by atoms with van der Waals surface area (Å²) in [5.41, 5.74) is 6.14. The minimum atomic E-state index is -0.680. The van der Waals surface area contributed by atoms with Gasteiger partial charge in [0.05, 0.1) is 13.0 Å². The highest BCUT2D eigenvalue weighted by Crippen LogP contribution is 2.33. The molecule has 4 aromatic rings. The van der Waals surface area contributed by atoms with Gasteiger partial charge in [-0.3, -0.25) is 4.79 Å². The largest absolute Gasteiger partial charge is 0.467 e. The quantitative estimate of drug-likeness (QED) is 0.363. The number of fused-ring (bicyclic) bond motifs is 1. The molecular weight excluding hydrogens is 434 g/mol. The summed E-state index contributed by atoms with van der Waals surface area (Å²) in [5.74, 6) is -1.00. The summed E-state index contributed by atoms with van der Waals surface area (Å²) in [6.45, 7) is 0.360. The molecule has 4 nitrogen and oxygen atoms in total. The maximum Gasteiger partial charge on any atom is 0.328 e. The summed E-state index contributed by atoms with van der Waals surface area (Å²) < 4.78 is 5.16. The summed E-state index contributed by atoms with van der Waals surface area (Å²) in [5, 5.41) is 0. The first kappa shape index (κ1) is 22.6. The predicted molar refractivity (Wildman–Crippen MR) is 137 cm³/mol. The lowest BCUT2D eigenvalue weighted by atomic mass is 9.86. The Balaban J connectivity index is 1.54. The van der Waals surface area contributed by atoms with Crippen molar-refractivity contribution in [3.63, 3.8) is 0 Å².